The Morgan fingerprint density at radius 1 is 1.08 bits per heavy atom. The molecule has 2 aromatic carbocycles. The summed E-state index contributed by atoms with van der Waals surface area (Å²) in [6.45, 7) is -0.132. The summed E-state index contributed by atoms with van der Waals surface area (Å²) in [4.78, 5) is 26.1. The second-order valence-electron chi connectivity index (χ2n) is 5.25. The highest BCUT2D eigenvalue weighted by molar-refractivity contribution is 6.31. The van der Waals surface area contributed by atoms with E-state index in [0.717, 1.165) is 0 Å². The Kier molecular flexibility index (Phi) is 6.25. The number of benzene rings is 2. The third-order valence-electron chi connectivity index (χ3n) is 3.50. The first kappa shape index (κ1) is 18.6. The van der Waals surface area contributed by atoms with Crippen LogP contribution in [0, 0.1) is 0 Å². The molecule has 7 heteroatoms. The van der Waals surface area contributed by atoms with Crippen molar-refractivity contribution in [1.29, 1.82) is 0 Å². The molecule has 0 aromatic heterocycles. The van der Waals surface area contributed by atoms with E-state index >= 15 is 0 Å². The fraction of sp³-hybridized carbons (Fsp3) is 0.222. The summed E-state index contributed by atoms with van der Waals surface area (Å²) in [5, 5.41) is 3.16. The average molecular weight is 363 g/mol. The van der Waals surface area contributed by atoms with Crippen LogP contribution in [-0.4, -0.2) is 44.5 Å². The number of rotatable bonds is 6. The number of carbonyl (C=O) groups excluding carboxylic acids is 2. The molecular formula is C18H19ClN2O4. The molecule has 0 atom stereocenters. The maximum atomic E-state index is 12.5. The van der Waals surface area contributed by atoms with Crippen LogP contribution in [0.4, 0.5) is 5.69 Å². The Hall–Kier alpha value is -2.73. The molecule has 0 aliphatic carbocycles. The SMILES string of the molecule is COc1ccc(Cl)cc1NC(=O)CN(C)C(=O)c1ccccc1OC. The van der Waals surface area contributed by atoms with Gasteiger partial charge in [-0.15, -0.1) is 0 Å². The first-order chi connectivity index (χ1) is 12.0. The largest absolute Gasteiger partial charge is 0.496 e. The van der Waals surface area contributed by atoms with Crippen LogP contribution in [0.15, 0.2) is 42.5 Å². The van der Waals surface area contributed by atoms with Crippen LogP contribution in [0.25, 0.3) is 0 Å². The van der Waals surface area contributed by atoms with Gasteiger partial charge in [0.25, 0.3) is 5.91 Å². The van der Waals surface area contributed by atoms with Crippen molar-refractivity contribution < 1.29 is 19.1 Å². The number of ether oxygens (including phenoxy) is 2. The molecule has 2 amide bonds. The number of nitrogens with zero attached hydrogens (tertiary/aromatic N) is 1. The highest BCUT2D eigenvalue weighted by atomic mass is 35.5. The third kappa shape index (κ3) is 4.64. The number of likely N-dealkylation sites (N-methyl/N-ethyl adjacent to an activating group) is 1. The van der Waals surface area contributed by atoms with Gasteiger partial charge < -0.3 is 19.7 Å². The van der Waals surface area contributed by atoms with Crippen molar-refractivity contribution in [2.75, 3.05) is 33.1 Å². The maximum Gasteiger partial charge on any atom is 0.257 e. The monoisotopic (exact) mass is 362 g/mol. The van der Waals surface area contributed by atoms with E-state index in [1.807, 2.05) is 0 Å². The van der Waals surface area contributed by atoms with Crippen LogP contribution < -0.4 is 14.8 Å². The fourth-order valence-corrected chi connectivity index (χ4v) is 2.45. The number of amides is 2. The van der Waals surface area contributed by atoms with Crippen molar-refractivity contribution in [2.45, 2.75) is 0 Å². The van der Waals surface area contributed by atoms with E-state index in [1.54, 1.807) is 49.5 Å². The summed E-state index contributed by atoms with van der Waals surface area (Å²) in [6, 6.07) is 11.7. The van der Waals surface area contributed by atoms with Crippen LogP contribution in [0.1, 0.15) is 10.4 Å². The Bertz CT molecular complexity index is 779. The van der Waals surface area contributed by atoms with Crippen molar-refractivity contribution in [1.82, 2.24) is 4.90 Å². The predicted molar refractivity (Wildman–Crippen MR) is 96.6 cm³/mol. The summed E-state index contributed by atoms with van der Waals surface area (Å²) >= 11 is 5.94. The number of methoxy groups -OCH3 is 2. The van der Waals surface area contributed by atoms with E-state index in [2.05, 4.69) is 5.32 Å². The van der Waals surface area contributed by atoms with Crippen molar-refractivity contribution in [3.05, 3.63) is 53.1 Å². The minimum atomic E-state index is -0.369. The third-order valence-corrected chi connectivity index (χ3v) is 3.74. The van der Waals surface area contributed by atoms with E-state index < -0.39 is 0 Å². The molecule has 0 aliphatic heterocycles. The van der Waals surface area contributed by atoms with Gasteiger partial charge in [-0.25, -0.2) is 0 Å². The van der Waals surface area contributed by atoms with Gasteiger partial charge in [0.1, 0.15) is 11.5 Å². The molecule has 1 N–H and O–H groups in total. The zero-order valence-corrected chi connectivity index (χ0v) is 15.0. The summed E-state index contributed by atoms with van der Waals surface area (Å²) < 4.78 is 10.4. The molecule has 0 spiro atoms. The zero-order valence-electron chi connectivity index (χ0n) is 14.2. The molecule has 0 unspecified atom stereocenters. The Morgan fingerprint density at radius 3 is 2.44 bits per heavy atom. The van der Waals surface area contributed by atoms with Gasteiger partial charge in [0, 0.05) is 12.1 Å². The number of anilines is 1. The van der Waals surface area contributed by atoms with E-state index in [4.69, 9.17) is 21.1 Å². The highest BCUT2D eigenvalue weighted by Crippen LogP contribution is 2.27. The zero-order chi connectivity index (χ0) is 18.4. The Labute approximate surface area is 151 Å². The maximum absolute atomic E-state index is 12.5. The number of para-hydroxylation sites is 1. The molecule has 0 heterocycles. The van der Waals surface area contributed by atoms with Gasteiger partial charge >= 0.3 is 0 Å². The Morgan fingerprint density at radius 2 is 1.76 bits per heavy atom. The van der Waals surface area contributed by atoms with Crippen LogP contribution in [0.3, 0.4) is 0 Å². The number of nitrogens with one attached hydrogen (secondary N) is 1. The fourth-order valence-electron chi connectivity index (χ4n) is 2.28. The molecule has 0 bridgehead atoms. The molecule has 132 valence electrons. The molecule has 2 rings (SSSR count). The van der Waals surface area contributed by atoms with Gasteiger partial charge in [-0.3, -0.25) is 9.59 Å². The van der Waals surface area contributed by atoms with Crippen LogP contribution in [0.2, 0.25) is 5.02 Å². The van der Waals surface area contributed by atoms with Gasteiger partial charge in [0.05, 0.1) is 32.0 Å². The number of hydrogen-bond acceptors (Lipinski definition) is 4. The lowest BCUT2D eigenvalue weighted by Gasteiger charge is -2.19. The molecule has 0 fully saturated rings. The number of hydrogen-bond donors (Lipinski definition) is 1. The van der Waals surface area contributed by atoms with E-state index in [1.165, 1.54) is 19.1 Å². The van der Waals surface area contributed by atoms with Crippen LogP contribution >= 0.6 is 11.6 Å². The van der Waals surface area contributed by atoms with Crippen molar-refractivity contribution in [3.63, 3.8) is 0 Å². The molecule has 0 aliphatic rings. The van der Waals surface area contributed by atoms with Gasteiger partial charge in [0.15, 0.2) is 0 Å². The smallest absolute Gasteiger partial charge is 0.257 e. The van der Waals surface area contributed by atoms with Gasteiger partial charge in [-0.05, 0) is 30.3 Å². The molecule has 0 saturated carbocycles. The highest BCUT2D eigenvalue weighted by Gasteiger charge is 2.19. The lowest BCUT2D eigenvalue weighted by molar-refractivity contribution is -0.116. The normalized spacial score (nSPS) is 10.1. The molecule has 6 nitrogen and oxygen atoms in total. The summed E-state index contributed by atoms with van der Waals surface area (Å²) in [5.74, 6) is 0.254. The topological polar surface area (TPSA) is 67.9 Å². The van der Waals surface area contributed by atoms with Gasteiger partial charge in [0.2, 0.25) is 5.91 Å². The van der Waals surface area contributed by atoms with E-state index in [9.17, 15) is 9.59 Å². The lowest BCUT2D eigenvalue weighted by atomic mass is 10.2. The minimum absolute atomic E-state index is 0.132. The van der Waals surface area contributed by atoms with Crippen molar-refractivity contribution in [2.24, 2.45) is 0 Å². The summed E-state index contributed by atoms with van der Waals surface area (Å²) in [5.41, 5.74) is 0.832. The number of halogens is 1. The standard InChI is InChI=1S/C18H19ClN2O4/c1-21(18(23)13-6-4-5-7-15(13)24-2)11-17(22)20-14-10-12(19)8-9-16(14)25-3/h4-10H,11H2,1-3H3,(H,20,22). The number of carbonyl (C=O) groups is 2. The molecule has 2 aromatic rings. The first-order valence-corrected chi connectivity index (χ1v) is 7.86. The lowest BCUT2D eigenvalue weighted by Crippen LogP contribution is -2.35. The summed E-state index contributed by atoms with van der Waals surface area (Å²) in [6.07, 6.45) is 0. The Balaban J connectivity index is 2.07. The van der Waals surface area contributed by atoms with Gasteiger partial charge in [-0.2, -0.15) is 0 Å². The predicted octanol–water partition coefficient (Wildman–Crippen LogP) is 3.07. The molecule has 25 heavy (non-hydrogen) atoms. The first-order valence-electron chi connectivity index (χ1n) is 7.48. The van der Waals surface area contributed by atoms with Crippen molar-refractivity contribution in [3.8, 4) is 11.5 Å². The molecule has 0 radical (unpaired) electrons. The quantitative estimate of drug-likeness (QED) is 0.857. The molecular weight excluding hydrogens is 344 g/mol. The minimum Gasteiger partial charge on any atom is -0.496 e. The second kappa shape index (κ2) is 8.39. The van der Waals surface area contributed by atoms with Crippen molar-refractivity contribution >= 4 is 29.1 Å². The van der Waals surface area contributed by atoms with E-state index in [0.29, 0.717) is 27.8 Å². The van der Waals surface area contributed by atoms with Gasteiger partial charge in [-0.1, -0.05) is 23.7 Å². The second-order valence-corrected chi connectivity index (χ2v) is 5.69. The van der Waals surface area contributed by atoms with E-state index in [-0.39, 0.29) is 18.4 Å². The summed E-state index contributed by atoms with van der Waals surface area (Å²) in [7, 11) is 4.53. The average Bonchev–Trinajstić information content (AvgIpc) is 2.61. The molecule has 0 saturated heterocycles. The van der Waals surface area contributed by atoms with Crippen LogP contribution in [0.5, 0.6) is 11.5 Å². The van der Waals surface area contributed by atoms with Crippen LogP contribution in [-0.2, 0) is 4.79 Å².